The van der Waals surface area contributed by atoms with Crippen LogP contribution in [0.3, 0.4) is 0 Å². The lowest BCUT2D eigenvalue weighted by Gasteiger charge is -2.21. The second-order valence-electron chi connectivity index (χ2n) is 4.97. The van der Waals surface area contributed by atoms with E-state index in [2.05, 4.69) is 17.4 Å². The van der Waals surface area contributed by atoms with Crippen LogP contribution in [0.5, 0.6) is 0 Å². The molecule has 0 aromatic heterocycles. The number of carbonyl (C=O) groups excluding carboxylic acids is 1. The predicted molar refractivity (Wildman–Crippen MR) is 73.9 cm³/mol. The SMILES string of the molecule is O=C(c1ccc2ccccc2c1)[C@@H]1CCCNC1. The van der Waals surface area contributed by atoms with Gasteiger partial charge in [-0.05, 0) is 36.2 Å². The van der Waals surface area contributed by atoms with Crippen molar-refractivity contribution in [1.29, 1.82) is 0 Å². The van der Waals surface area contributed by atoms with E-state index in [4.69, 9.17) is 0 Å². The van der Waals surface area contributed by atoms with E-state index in [-0.39, 0.29) is 11.7 Å². The number of Topliss-reactive ketones (excluding diaryl/α,β-unsaturated/α-hetero) is 1. The molecule has 1 atom stereocenters. The molecule has 2 aromatic rings. The summed E-state index contributed by atoms with van der Waals surface area (Å²) in [5, 5.41) is 5.64. The Bertz CT molecular complexity index is 570. The standard InChI is InChI=1S/C16H17NO/c18-16(15-6-3-9-17-11-15)14-8-7-12-4-1-2-5-13(12)10-14/h1-2,4-5,7-8,10,15,17H,3,6,9,11H2/t15-/m1/s1. The van der Waals surface area contributed by atoms with E-state index in [0.29, 0.717) is 0 Å². The topological polar surface area (TPSA) is 29.1 Å². The lowest BCUT2D eigenvalue weighted by molar-refractivity contribution is 0.0900. The molecule has 18 heavy (non-hydrogen) atoms. The lowest BCUT2D eigenvalue weighted by Crippen LogP contribution is -2.34. The fourth-order valence-electron chi connectivity index (χ4n) is 2.65. The maximum absolute atomic E-state index is 12.4. The summed E-state index contributed by atoms with van der Waals surface area (Å²) in [7, 11) is 0. The van der Waals surface area contributed by atoms with Crippen LogP contribution in [0.25, 0.3) is 10.8 Å². The van der Waals surface area contributed by atoms with Crippen molar-refractivity contribution in [3.63, 3.8) is 0 Å². The van der Waals surface area contributed by atoms with Crippen molar-refractivity contribution >= 4 is 16.6 Å². The zero-order valence-electron chi connectivity index (χ0n) is 10.4. The van der Waals surface area contributed by atoms with Gasteiger partial charge in [-0.25, -0.2) is 0 Å². The third-order valence-corrected chi connectivity index (χ3v) is 3.70. The lowest BCUT2D eigenvalue weighted by atomic mass is 9.90. The van der Waals surface area contributed by atoms with Gasteiger partial charge in [-0.15, -0.1) is 0 Å². The van der Waals surface area contributed by atoms with Gasteiger partial charge in [0.2, 0.25) is 0 Å². The van der Waals surface area contributed by atoms with Crippen LogP contribution >= 0.6 is 0 Å². The van der Waals surface area contributed by atoms with E-state index in [1.54, 1.807) is 0 Å². The van der Waals surface area contributed by atoms with E-state index < -0.39 is 0 Å². The van der Waals surface area contributed by atoms with Gasteiger partial charge in [0.25, 0.3) is 0 Å². The Kier molecular flexibility index (Phi) is 3.11. The third-order valence-electron chi connectivity index (χ3n) is 3.70. The Hall–Kier alpha value is -1.67. The summed E-state index contributed by atoms with van der Waals surface area (Å²) in [5.74, 6) is 0.438. The molecule has 0 amide bonds. The molecule has 1 heterocycles. The van der Waals surface area contributed by atoms with Gasteiger partial charge in [-0.1, -0.05) is 36.4 Å². The maximum Gasteiger partial charge on any atom is 0.167 e. The number of piperidine rings is 1. The highest BCUT2D eigenvalue weighted by atomic mass is 16.1. The number of benzene rings is 2. The fraction of sp³-hybridized carbons (Fsp3) is 0.312. The van der Waals surface area contributed by atoms with Gasteiger partial charge >= 0.3 is 0 Å². The Labute approximate surface area is 107 Å². The van der Waals surface area contributed by atoms with Gasteiger partial charge in [0.15, 0.2) is 5.78 Å². The number of rotatable bonds is 2. The van der Waals surface area contributed by atoms with Crippen LogP contribution in [-0.2, 0) is 0 Å². The highest BCUT2D eigenvalue weighted by Crippen LogP contribution is 2.20. The van der Waals surface area contributed by atoms with Crippen molar-refractivity contribution in [2.75, 3.05) is 13.1 Å². The van der Waals surface area contributed by atoms with Crippen LogP contribution in [0.15, 0.2) is 42.5 Å². The van der Waals surface area contributed by atoms with Gasteiger partial charge in [0.1, 0.15) is 0 Å². The van der Waals surface area contributed by atoms with E-state index in [9.17, 15) is 4.79 Å². The highest BCUT2D eigenvalue weighted by molar-refractivity contribution is 6.01. The van der Waals surface area contributed by atoms with Crippen molar-refractivity contribution in [1.82, 2.24) is 5.32 Å². The minimum absolute atomic E-state index is 0.153. The first-order valence-corrected chi connectivity index (χ1v) is 6.58. The number of carbonyl (C=O) groups is 1. The first-order valence-electron chi connectivity index (χ1n) is 6.58. The second-order valence-corrected chi connectivity index (χ2v) is 4.97. The number of hydrogen-bond donors (Lipinski definition) is 1. The average Bonchev–Trinajstić information content (AvgIpc) is 2.47. The van der Waals surface area contributed by atoms with E-state index in [0.717, 1.165) is 36.9 Å². The summed E-state index contributed by atoms with van der Waals surface area (Å²) in [4.78, 5) is 12.4. The summed E-state index contributed by atoms with van der Waals surface area (Å²) in [6.07, 6.45) is 2.11. The number of nitrogens with one attached hydrogen (secondary N) is 1. The average molecular weight is 239 g/mol. The van der Waals surface area contributed by atoms with E-state index >= 15 is 0 Å². The summed E-state index contributed by atoms with van der Waals surface area (Å²) < 4.78 is 0. The van der Waals surface area contributed by atoms with Crippen LogP contribution in [0.4, 0.5) is 0 Å². The van der Waals surface area contributed by atoms with Crippen LogP contribution in [0.2, 0.25) is 0 Å². The minimum Gasteiger partial charge on any atom is -0.316 e. The molecule has 1 N–H and O–H groups in total. The zero-order chi connectivity index (χ0) is 12.4. The molecule has 0 spiro atoms. The molecule has 92 valence electrons. The Morgan fingerprint density at radius 1 is 1.11 bits per heavy atom. The monoisotopic (exact) mass is 239 g/mol. The van der Waals surface area contributed by atoms with Gasteiger partial charge in [0, 0.05) is 18.0 Å². The maximum atomic E-state index is 12.4. The van der Waals surface area contributed by atoms with Gasteiger partial charge < -0.3 is 5.32 Å². The van der Waals surface area contributed by atoms with Crippen LogP contribution in [-0.4, -0.2) is 18.9 Å². The number of ketones is 1. The smallest absolute Gasteiger partial charge is 0.167 e. The van der Waals surface area contributed by atoms with Gasteiger partial charge in [-0.3, -0.25) is 4.79 Å². The van der Waals surface area contributed by atoms with Crippen LogP contribution < -0.4 is 5.32 Å². The minimum atomic E-state index is 0.153. The molecule has 3 rings (SSSR count). The normalized spacial score (nSPS) is 19.9. The molecular formula is C16H17NO. The van der Waals surface area contributed by atoms with Gasteiger partial charge in [0.05, 0.1) is 0 Å². The van der Waals surface area contributed by atoms with Crippen molar-refractivity contribution in [2.45, 2.75) is 12.8 Å². The first kappa shape index (κ1) is 11.4. The Balaban J connectivity index is 1.91. The summed E-state index contributed by atoms with van der Waals surface area (Å²) in [6, 6.07) is 14.2. The summed E-state index contributed by atoms with van der Waals surface area (Å²) in [6.45, 7) is 1.87. The molecule has 1 aliphatic rings. The van der Waals surface area contributed by atoms with Gasteiger partial charge in [-0.2, -0.15) is 0 Å². The molecule has 1 aliphatic heterocycles. The molecule has 2 aromatic carbocycles. The largest absolute Gasteiger partial charge is 0.316 e. The van der Waals surface area contributed by atoms with Crippen molar-refractivity contribution < 1.29 is 4.79 Å². The predicted octanol–water partition coefficient (Wildman–Crippen LogP) is 3.02. The molecule has 0 radical (unpaired) electrons. The summed E-state index contributed by atoms with van der Waals surface area (Å²) >= 11 is 0. The summed E-state index contributed by atoms with van der Waals surface area (Å²) in [5.41, 5.74) is 0.849. The van der Waals surface area contributed by atoms with Crippen molar-refractivity contribution in [2.24, 2.45) is 5.92 Å². The quantitative estimate of drug-likeness (QED) is 0.816. The Morgan fingerprint density at radius 2 is 1.94 bits per heavy atom. The van der Waals surface area contributed by atoms with Crippen LogP contribution in [0.1, 0.15) is 23.2 Å². The second kappa shape index (κ2) is 4.91. The zero-order valence-corrected chi connectivity index (χ0v) is 10.4. The number of hydrogen-bond acceptors (Lipinski definition) is 2. The first-order chi connectivity index (χ1) is 8.84. The van der Waals surface area contributed by atoms with E-state index in [1.807, 2.05) is 30.3 Å². The third kappa shape index (κ3) is 2.16. The molecule has 0 unspecified atom stereocenters. The fourth-order valence-corrected chi connectivity index (χ4v) is 2.65. The molecule has 0 aliphatic carbocycles. The molecule has 2 nitrogen and oxygen atoms in total. The Morgan fingerprint density at radius 3 is 2.72 bits per heavy atom. The van der Waals surface area contributed by atoms with Crippen molar-refractivity contribution in [3.8, 4) is 0 Å². The van der Waals surface area contributed by atoms with Crippen LogP contribution in [0, 0.1) is 5.92 Å². The molecule has 0 saturated carbocycles. The number of fused-ring (bicyclic) bond motifs is 1. The highest BCUT2D eigenvalue weighted by Gasteiger charge is 2.22. The van der Waals surface area contributed by atoms with Crippen molar-refractivity contribution in [3.05, 3.63) is 48.0 Å². The molecule has 1 saturated heterocycles. The molecule has 0 bridgehead atoms. The molecule has 1 fully saturated rings. The molecular weight excluding hydrogens is 222 g/mol. The molecule has 2 heteroatoms. The van der Waals surface area contributed by atoms with E-state index in [1.165, 1.54) is 5.39 Å².